The number of nitrogens with zero attached hydrogens (tertiary/aromatic N) is 2. The molecule has 4 nitrogen and oxygen atoms in total. The van der Waals surface area contributed by atoms with E-state index in [9.17, 15) is 4.79 Å². The summed E-state index contributed by atoms with van der Waals surface area (Å²) < 4.78 is 2.05. The molecule has 0 amide bonds. The van der Waals surface area contributed by atoms with Crippen molar-refractivity contribution in [3.63, 3.8) is 0 Å². The topological polar surface area (TPSA) is 55.1 Å². The fourth-order valence-electron chi connectivity index (χ4n) is 2.40. The molecule has 106 valence electrons. The first-order valence-corrected chi connectivity index (χ1v) is 6.87. The molecule has 1 aromatic heterocycles. The highest BCUT2D eigenvalue weighted by molar-refractivity contribution is 6.30. The normalized spacial score (nSPS) is 11.0. The van der Waals surface area contributed by atoms with Gasteiger partial charge in [0.2, 0.25) is 0 Å². The summed E-state index contributed by atoms with van der Waals surface area (Å²) >= 11 is 6.01. The minimum atomic E-state index is -0.945. The van der Waals surface area contributed by atoms with Gasteiger partial charge in [-0.3, -0.25) is 0 Å². The number of hydrogen-bond acceptors (Lipinski definition) is 2. The Labute approximate surface area is 126 Å². The molecular weight excluding hydrogens is 288 g/mol. The predicted molar refractivity (Wildman–Crippen MR) is 82.0 cm³/mol. The van der Waals surface area contributed by atoms with E-state index < -0.39 is 5.97 Å². The van der Waals surface area contributed by atoms with E-state index in [-0.39, 0.29) is 5.56 Å². The van der Waals surface area contributed by atoms with Crippen LogP contribution in [0.2, 0.25) is 5.02 Å². The van der Waals surface area contributed by atoms with Crippen LogP contribution in [0.3, 0.4) is 0 Å². The molecule has 0 aliphatic rings. The number of carboxylic acids is 1. The number of hydrogen-bond donors (Lipinski definition) is 1. The Morgan fingerprint density at radius 3 is 2.81 bits per heavy atom. The average Bonchev–Trinajstić information content (AvgIpc) is 2.74. The summed E-state index contributed by atoms with van der Waals surface area (Å²) in [6.07, 6.45) is 0. The van der Waals surface area contributed by atoms with Crippen molar-refractivity contribution in [3.8, 4) is 0 Å². The fraction of sp³-hybridized carbons (Fsp3) is 0.125. The van der Waals surface area contributed by atoms with E-state index in [2.05, 4.69) is 4.98 Å². The summed E-state index contributed by atoms with van der Waals surface area (Å²) in [6, 6.07) is 12.7. The second-order valence-corrected chi connectivity index (χ2v) is 5.32. The largest absolute Gasteiger partial charge is 0.478 e. The average molecular weight is 301 g/mol. The quantitative estimate of drug-likeness (QED) is 0.801. The zero-order chi connectivity index (χ0) is 15.0. The van der Waals surface area contributed by atoms with Gasteiger partial charge in [0.05, 0.1) is 16.6 Å². The molecule has 0 bridgehead atoms. The Kier molecular flexibility index (Phi) is 3.39. The first-order chi connectivity index (χ1) is 10.0. The second-order valence-electron chi connectivity index (χ2n) is 4.88. The van der Waals surface area contributed by atoms with Crippen molar-refractivity contribution in [2.24, 2.45) is 0 Å². The first kappa shape index (κ1) is 13.6. The predicted octanol–water partition coefficient (Wildman–Crippen LogP) is 3.74. The number of benzene rings is 2. The van der Waals surface area contributed by atoms with Gasteiger partial charge in [-0.2, -0.15) is 0 Å². The molecule has 0 radical (unpaired) electrons. The van der Waals surface area contributed by atoms with Crippen LogP contribution in [0.1, 0.15) is 21.7 Å². The molecule has 1 heterocycles. The Bertz CT molecular complexity index is 839. The van der Waals surface area contributed by atoms with E-state index in [0.717, 1.165) is 16.9 Å². The molecular formula is C16H13ClN2O2. The van der Waals surface area contributed by atoms with Crippen molar-refractivity contribution >= 4 is 28.6 Å². The van der Waals surface area contributed by atoms with Crippen LogP contribution in [-0.4, -0.2) is 20.6 Å². The third-order valence-corrected chi connectivity index (χ3v) is 3.65. The molecule has 2 aromatic carbocycles. The van der Waals surface area contributed by atoms with E-state index in [1.54, 1.807) is 18.2 Å². The molecule has 5 heteroatoms. The van der Waals surface area contributed by atoms with Crippen LogP contribution in [0.15, 0.2) is 42.5 Å². The maximum Gasteiger partial charge on any atom is 0.335 e. The number of aryl methyl sites for hydroxylation is 1. The Morgan fingerprint density at radius 1 is 1.29 bits per heavy atom. The lowest BCUT2D eigenvalue weighted by molar-refractivity contribution is 0.0697. The summed E-state index contributed by atoms with van der Waals surface area (Å²) in [5, 5.41) is 9.73. The van der Waals surface area contributed by atoms with E-state index >= 15 is 0 Å². The third-order valence-electron chi connectivity index (χ3n) is 3.42. The first-order valence-electron chi connectivity index (χ1n) is 6.49. The zero-order valence-corrected chi connectivity index (χ0v) is 12.1. The van der Waals surface area contributed by atoms with Gasteiger partial charge in [0.25, 0.3) is 0 Å². The van der Waals surface area contributed by atoms with Gasteiger partial charge in [0.1, 0.15) is 5.82 Å². The molecule has 0 saturated carbocycles. The van der Waals surface area contributed by atoms with Crippen molar-refractivity contribution < 1.29 is 9.90 Å². The van der Waals surface area contributed by atoms with E-state index in [0.29, 0.717) is 17.1 Å². The summed E-state index contributed by atoms with van der Waals surface area (Å²) in [7, 11) is 0. The summed E-state index contributed by atoms with van der Waals surface area (Å²) in [5.41, 5.74) is 2.93. The fourth-order valence-corrected chi connectivity index (χ4v) is 2.61. The minimum Gasteiger partial charge on any atom is -0.478 e. The number of fused-ring (bicyclic) bond motifs is 1. The zero-order valence-electron chi connectivity index (χ0n) is 11.4. The smallest absolute Gasteiger partial charge is 0.335 e. The van der Waals surface area contributed by atoms with Crippen LogP contribution in [-0.2, 0) is 6.54 Å². The summed E-state index contributed by atoms with van der Waals surface area (Å²) in [4.78, 5) is 15.5. The molecule has 3 aromatic rings. The number of carboxylic acid groups (broad SMARTS) is 1. The van der Waals surface area contributed by atoms with Crippen molar-refractivity contribution in [1.82, 2.24) is 9.55 Å². The highest BCUT2D eigenvalue weighted by atomic mass is 35.5. The van der Waals surface area contributed by atoms with Gasteiger partial charge < -0.3 is 9.67 Å². The van der Waals surface area contributed by atoms with Gasteiger partial charge in [-0.25, -0.2) is 9.78 Å². The number of rotatable bonds is 3. The Hall–Kier alpha value is -2.33. The van der Waals surface area contributed by atoms with Gasteiger partial charge in [0, 0.05) is 11.6 Å². The molecule has 3 rings (SSSR count). The van der Waals surface area contributed by atoms with Crippen LogP contribution in [0.4, 0.5) is 0 Å². The lowest BCUT2D eigenvalue weighted by Gasteiger charge is -2.07. The molecule has 0 fully saturated rings. The molecule has 21 heavy (non-hydrogen) atoms. The van der Waals surface area contributed by atoms with Crippen LogP contribution in [0, 0.1) is 6.92 Å². The van der Waals surface area contributed by atoms with Crippen molar-refractivity contribution in [2.75, 3.05) is 0 Å². The van der Waals surface area contributed by atoms with Gasteiger partial charge >= 0.3 is 5.97 Å². The van der Waals surface area contributed by atoms with Gasteiger partial charge in [-0.05, 0) is 42.8 Å². The van der Waals surface area contributed by atoms with Crippen molar-refractivity contribution in [1.29, 1.82) is 0 Å². The van der Waals surface area contributed by atoms with Crippen molar-refractivity contribution in [2.45, 2.75) is 13.5 Å². The summed E-state index contributed by atoms with van der Waals surface area (Å²) in [6.45, 7) is 2.56. The maximum absolute atomic E-state index is 11.0. The van der Waals surface area contributed by atoms with E-state index in [1.807, 2.05) is 35.8 Å². The SMILES string of the molecule is Cc1nc2cc(C(=O)O)ccc2n1Cc1cccc(Cl)c1. The molecule has 1 N–H and O–H groups in total. The maximum atomic E-state index is 11.0. The molecule has 0 unspecified atom stereocenters. The number of aromatic nitrogens is 2. The monoisotopic (exact) mass is 300 g/mol. The molecule has 0 aliphatic carbocycles. The Morgan fingerprint density at radius 2 is 2.10 bits per heavy atom. The highest BCUT2D eigenvalue weighted by Crippen LogP contribution is 2.20. The van der Waals surface area contributed by atoms with Gasteiger partial charge in [-0.1, -0.05) is 23.7 Å². The van der Waals surface area contributed by atoms with Crippen LogP contribution in [0.5, 0.6) is 0 Å². The van der Waals surface area contributed by atoms with Crippen LogP contribution < -0.4 is 0 Å². The molecule has 0 saturated heterocycles. The van der Waals surface area contributed by atoms with Crippen molar-refractivity contribution in [3.05, 3.63) is 64.4 Å². The molecule has 0 atom stereocenters. The highest BCUT2D eigenvalue weighted by Gasteiger charge is 2.11. The van der Waals surface area contributed by atoms with Crippen LogP contribution in [0.25, 0.3) is 11.0 Å². The minimum absolute atomic E-state index is 0.245. The van der Waals surface area contributed by atoms with Crippen LogP contribution >= 0.6 is 11.6 Å². The summed E-state index contributed by atoms with van der Waals surface area (Å²) in [5.74, 6) is -0.105. The molecule has 0 spiro atoms. The standard InChI is InChI=1S/C16H13ClN2O2/c1-10-18-14-8-12(16(20)21)5-6-15(14)19(10)9-11-3-2-4-13(17)7-11/h2-8H,9H2,1H3,(H,20,21). The Balaban J connectivity index is 2.06. The molecule has 0 aliphatic heterocycles. The van der Waals surface area contributed by atoms with E-state index in [1.165, 1.54) is 0 Å². The lowest BCUT2D eigenvalue weighted by Crippen LogP contribution is -2.02. The van der Waals surface area contributed by atoms with Gasteiger partial charge in [0.15, 0.2) is 0 Å². The lowest BCUT2D eigenvalue weighted by atomic mass is 10.2. The third kappa shape index (κ3) is 2.62. The van der Waals surface area contributed by atoms with E-state index in [4.69, 9.17) is 16.7 Å². The van der Waals surface area contributed by atoms with Gasteiger partial charge in [-0.15, -0.1) is 0 Å². The number of aromatic carboxylic acids is 1. The number of imidazole rings is 1. The number of carbonyl (C=O) groups is 1. The second kappa shape index (κ2) is 5.22. The number of halogens is 1.